The molecule has 0 amide bonds. The molecule has 2 aliphatic carbocycles. The molecule has 2 saturated carbocycles. The molecule has 104 valence electrons. The summed E-state index contributed by atoms with van der Waals surface area (Å²) in [5.74, 6) is 3.65. The lowest BCUT2D eigenvalue weighted by molar-refractivity contribution is 0.461. The summed E-state index contributed by atoms with van der Waals surface area (Å²) in [5.41, 5.74) is 1.15. The highest BCUT2D eigenvalue weighted by Gasteiger charge is 2.28. The Bertz CT molecular complexity index is 448. The lowest BCUT2D eigenvalue weighted by Gasteiger charge is -2.24. The maximum Gasteiger partial charge on any atom is 0.136 e. The molecule has 2 N–H and O–H groups in total. The average molecular weight is 260 g/mol. The third-order valence-electron chi connectivity index (χ3n) is 4.29. The number of hydrogen-bond acceptors (Lipinski definition) is 4. The van der Waals surface area contributed by atoms with E-state index in [0.717, 1.165) is 23.0 Å². The van der Waals surface area contributed by atoms with E-state index in [2.05, 4.69) is 22.5 Å². The summed E-state index contributed by atoms with van der Waals surface area (Å²) in [6.07, 6.45) is 9.11. The summed E-state index contributed by atoms with van der Waals surface area (Å²) in [7, 11) is 1.94. The Morgan fingerprint density at radius 1 is 0.947 bits per heavy atom. The van der Waals surface area contributed by atoms with E-state index in [1.165, 1.54) is 44.9 Å². The second-order valence-electron chi connectivity index (χ2n) is 5.91. The van der Waals surface area contributed by atoms with Crippen LogP contribution in [0, 0.1) is 6.92 Å². The summed E-state index contributed by atoms with van der Waals surface area (Å²) in [4.78, 5) is 9.42. The zero-order valence-corrected chi connectivity index (χ0v) is 12.0. The zero-order valence-electron chi connectivity index (χ0n) is 12.0. The Balaban J connectivity index is 1.83. The average Bonchev–Trinajstić information content (AvgIpc) is 3.27. The minimum atomic E-state index is 0.596. The normalized spacial score (nSPS) is 20.3. The maximum absolute atomic E-state index is 4.77. The molecule has 4 nitrogen and oxygen atoms in total. The minimum absolute atomic E-state index is 0.596. The van der Waals surface area contributed by atoms with Crippen LogP contribution in [0.2, 0.25) is 0 Å². The van der Waals surface area contributed by atoms with Gasteiger partial charge in [0.05, 0.1) is 0 Å². The van der Waals surface area contributed by atoms with Crippen LogP contribution < -0.4 is 10.6 Å². The molecular formula is C15H24N4. The Labute approximate surface area is 115 Å². The summed E-state index contributed by atoms with van der Waals surface area (Å²) >= 11 is 0. The van der Waals surface area contributed by atoms with Gasteiger partial charge >= 0.3 is 0 Å². The van der Waals surface area contributed by atoms with Gasteiger partial charge in [0.1, 0.15) is 17.5 Å². The summed E-state index contributed by atoms with van der Waals surface area (Å²) < 4.78 is 0. The Morgan fingerprint density at radius 2 is 1.63 bits per heavy atom. The van der Waals surface area contributed by atoms with E-state index >= 15 is 0 Å². The first-order chi connectivity index (χ1) is 9.28. The van der Waals surface area contributed by atoms with Gasteiger partial charge in [-0.1, -0.05) is 19.3 Å². The molecule has 0 saturated heterocycles. The van der Waals surface area contributed by atoms with E-state index in [0.29, 0.717) is 12.0 Å². The van der Waals surface area contributed by atoms with Crippen LogP contribution in [0.1, 0.15) is 62.3 Å². The molecule has 19 heavy (non-hydrogen) atoms. The molecule has 0 radical (unpaired) electrons. The van der Waals surface area contributed by atoms with Crippen LogP contribution in [-0.2, 0) is 0 Å². The highest BCUT2D eigenvalue weighted by molar-refractivity contribution is 5.57. The summed E-state index contributed by atoms with van der Waals surface area (Å²) in [6, 6.07) is 0.596. The van der Waals surface area contributed by atoms with Crippen molar-refractivity contribution in [1.82, 2.24) is 9.97 Å². The second kappa shape index (κ2) is 5.35. The number of hydrogen-bond donors (Lipinski definition) is 2. The third kappa shape index (κ3) is 2.82. The van der Waals surface area contributed by atoms with Gasteiger partial charge in [0.15, 0.2) is 0 Å². The molecule has 2 fully saturated rings. The molecule has 0 spiro atoms. The van der Waals surface area contributed by atoms with Crippen LogP contribution in [0.3, 0.4) is 0 Å². The molecule has 1 heterocycles. The highest BCUT2D eigenvalue weighted by Crippen LogP contribution is 2.39. The second-order valence-corrected chi connectivity index (χ2v) is 5.91. The van der Waals surface area contributed by atoms with Crippen molar-refractivity contribution in [2.24, 2.45) is 0 Å². The van der Waals surface area contributed by atoms with E-state index in [-0.39, 0.29) is 0 Å². The quantitative estimate of drug-likeness (QED) is 0.870. The molecule has 3 rings (SSSR count). The van der Waals surface area contributed by atoms with E-state index in [1.807, 2.05) is 7.05 Å². The van der Waals surface area contributed by atoms with Crippen LogP contribution in [-0.4, -0.2) is 23.1 Å². The number of anilines is 2. The molecule has 4 heteroatoms. The lowest BCUT2D eigenvalue weighted by Crippen LogP contribution is -2.24. The Kier molecular flexibility index (Phi) is 3.58. The fraction of sp³-hybridized carbons (Fsp3) is 0.733. The van der Waals surface area contributed by atoms with Crippen molar-refractivity contribution in [1.29, 1.82) is 0 Å². The molecular weight excluding hydrogens is 236 g/mol. The predicted molar refractivity (Wildman–Crippen MR) is 78.8 cm³/mol. The topological polar surface area (TPSA) is 49.8 Å². The largest absolute Gasteiger partial charge is 0.373 e. The smallest absolute Gasteiger partial charge is 0.136 e. The van der Waals surface area contributed by atoms with E-state index < -0.39 is 0 Å². The van der Waals surface area contributed by atoms with Crippen molar-refractivity contribution in [3.05, 3.63) is 11.4 Å². The van der Waals surface area contributed by atoms with Gasteiger partial charge in [-0.15, -0.1) is 0 Å². The fourth-order valence-electron chi connectivity index (χ4n) is 2.88. The lowest BCUT2D eigenvalue weighted by atomic mass is 9.95. The molecule has 0 aliphatic heterocycles. The van der Waals surface area contributed by atoms with Gasteiger partial charge in [-0.3, -0.25) is 0 Å². The van der Waals surface area contributed by atoms with Crippen LogP contribution in [0.5, 0.6) is 0 Å². The number of rotatable bonds is 4. The molecule has 0 unspecified atom stereocenters. The summed E-state index contributed by atoms with van der Waals surface area (Å²) in [5, 5.41) is 6.86. The maximum atomic E-state index is 4.77. The van der Waals surface area contributed by atoms with Crippen LogP contribution in [0.4, 0.5) is 11.6 Å². The standard InChI is InChI=1S/C15H24N4/c1-10-13(16-2)18-15(11-8-9-11)19-14(10)17-12-6-4-3-5-7-12/h11-12H,3-9H2,1-2H3,(H2,16,17,18,19). The van der Waals surface area contributed by atoms with Crippen molar-refractivity contribution in [3.8, 4) is 0 Å². The summed E-state index contributed by atoms with van der Waals surface area (Å²) in [6.45, 7) is 2.10. The Hall–Kier alpha value is -1.32. The molecule has 2 aliphatic rings. The number of nitrogens with zero attached hydrogens (tertiary/aromatic N) is 2. The van der Waals surface area contributed by atoms with E-state index in [4.69, 9.17) is 4.98 Å². The van der Waals surface area contributed by atoms with Crippen molar-refractivity contribution < 1.29 is 0 Å². The molecule has 0 atom stereocenters. The molecule has 1 aromatic heterocycles. The third-order valence-corrected chi connectivity index (χ3v) is 4.29. The highest BCUT2D eigenvalue weighted by atomic mass is 15.1. The van der Waals surface area contributed by atoms with Gasteiger partial charge < -0.3 is 10.6 Å². The van der Waals surface area contributed by atoms with Gasteiger partial charge in [-0.25, -0.2) is 9.97 Å². The van der Waals surface area contributed by atoms with Gasteiger partial charge in [-0.05, 0) is 32.6 Å². The molecule has 1 aromatic rings. The van der Waals surface area contributed by atoms with Gasteiger partial charge in [0.2, 0.25) is 0 Å². The monoisotopic (exact) mass is 260 g/mol. The van der Waals surface area contributed by atoms with Crippen LogP contribution in [0.25, 0.3) is 0 Å². The fourth-order valence-corrected chi connectivity index (χ4v) is 2.88. The van der Waals surface area contributed by atoms with Gasteiger partial charge in [0.25, 0.3) is 0 Å². The zero-order chi connectivity index (χ0) is 13.2. The predicted octanol–water partition coefficient (Wildman–Crippen LogP) is 3.45. The molecule has 0 bridgehead atoms. The van der Waals surface area contributed by atoms with E-state index in [9.17, 15) is 0 Å². The van der Waals surface area contributed by atoms with Crippen molar-refractivity contribution in [3.63, 3.8) is 0 Å². The van der Waals surface area contributed by atoms with Crippen molar-refractivity contribution in [2.75, 3.05) is 17.7 Å². The first-order valence-electron chi connectivity index (χ1n) is 7.60. The van der Waals surface area contributed by atoms with Crippen molar-refractivity contribution >= 4 is 11.6 Å². The SMILES string of the molecule is CNc1nc(C2CC2)nc(NC2CCCCC2)c1C. The van der Waals surface area contributed by atoms with Crippen molar-refractivity contribution in [2.45, 2.75) is 63.8 Å². The first kappa shape index (κ1) is 12.7. The van der Waals surface area contributed by atoms with Crippen LogP contribution >= 0.6 is 0 Å². The molecule has 0 aromatic carbocycles. The number of nitrogens with one attached hydrogen (secondary N) is 2. The van der Waals surface area contributed by atoms with Gasteiger partial charge in [0, 0.05) is 24.6 Å². The minimum Gasteiger partial charge on any atom is -0.373 e. The first-order valence-corrected chi connectivity index (χ1v) is 7.60. The number of aromatic nitrogens is 2. The van der Waals surface area contributed by atoms with Gasteiger partial charge in [-0.2, -0.15) is 0 Å². The Morgan fingerprint density at radius 3 is 2.26 bits per heavy atom. The van der Waals surface area contributed by atoms with Crippen LogP contribution in [0.15, 0.2) is 0 Å². The van der Waals surface area contributed by atoms with E-state index in [1.54, 1.807) is 0 Å².